The molecule has 146 valence electrons. The average molecular weight is 393 g/mol. The molecule has 28 heavy (non-hydrogen) atoms. The minimum atomic E-state index is -0.394. The van der Waals surface area contributed by atoms with E-state index in [0.717, 1.165) is 5.56 Å². The average Bonchev–Trinajstić information content (AvgIpc) is 3.26. The molecule has 3 rings (SSSR count). The van der Waals surface area contributed by atoms with Gasteiger partial charge < -0.3 is 4.90 Å². The number of hydrogen-bond acceptors (Lipinski definition) is 3. The molecular weight excluding hydrogens is 364 g/mol. The topological polar surface area (TPSA) is 32.3 Å². The van der Waals surface area contributed by atoms with Gasteiger partial charge in [-0.1, -0.05) is 66.2 Å². The molecule has 4 heteroatoms. The second kappa shape index (κ2) is 9.67. The van der Waals surface area contributed by atoms with Crippen LogP contribution in [-0.2, 0) is 4.79 Å². The molecule has 0 bridgehead atoms. The normalized spacial score (nSPS) is 13.1. The lowest BCUT2D eigenvalue weighted by Crippen LogP contribution is -2.42. The minimum absolute atomic E-state index is 0.0367. The van der Waals surface area contributed by atoms with Crippen molar-refractivity contribution in [2.45, 2.75) is 32.9 Å². The smallest absolute Gasteiger partial charge is 0.244 e. The first-order chi connectivity index (χ1) is 13.6. The van der Waals surface area contributed by atoms with Gasteiger partial charge in [0.2, 0.25) is 5.91 Å². The predicted octanol–water partition coefficient (Wildman–Crippen LogP) is 5.35. The number of nitrogens with one attached hydrogen (secondary N) is 1. The van der Waals surface area contributed by atoms with Crippen molar-refractivity contribution in [3.63, 3.8) is 0 Å². The molecule has 2 atom stereocenters. The third kappa shape index (κ3) is 4.70. The highest BCUT2D eigenvalue weighted by molar-refractivity contribution is 7.10. The van der Waals surface area contributed by atoms with Crippen molar-refractivity contribution in [3.8, 4) is 0 Å². The first-order valence-corrected chi connectivity index (χ1v) is 10.7. The largest absolute Gasteiger partial charge is 0.342 e. The zero-order chi connectivity index (χ0) is 19.9. The van der Waals surface area contributed by atoms with Gasteiger partial charge in [0.05, 0.1) is 6.04 Å². The number of benzene rings is 2. The Morgan fingerprint density at radius 3 is 2.18 bits per heavy atom. The summed E-state index contributed by atoms with van der Waals surface area (Å²) in [7, 11) is 0. The fourth-order valence-electron chi connectivity index (χ4n) is 3.40. The van der Waals surface area contributed by atoms with E-state index < -0.39 is 6.04 Å². The van der Waals surface area contributed by atoms with Crippen LogP contribution in [0.3, 0.4) is 0 Å². The van der Waals surface area contributed by atoms with Crippen LogP contribution in [0, 0.1) is 6.92 Å². The highest BCUT2D eigenvalue weighted by Crippen LogP contribution is 2.30. The number of amides is 1. The van der Waals surface area contributed by atoms with Crippen molar-refractivity contribution in [2.24, 2.45) is 0 Å². The Labute approximate surface area is 172 Å². The molecule has 0 saturated heterocycles. The number of thiophene rings is 1. The second-order valence-corrected chi connectivity index (χ2v) is 7.86. The van der Waals surface area contributed by atoms with E-state index in [0.29, 0.717) is 13.1 Å². The summed E-state index contributed by atoms with van der Waals surface area (Å²) in [6.45, 7) is 7.55. The van der Waals surface area contributed by atoms with Crippen molar-refractivity contribution in [3.05, 3.63) is 93.7 Å². The lowest BCUT2D eigenvalue weighted by molar-refractivity contribution is -0.133. The molecule has 0 spiro atoms. The van der Waals surface area contributed by atoms with Crippen LogP contribution in [0.5, 0.6) is 0 Å². The Bertz CT molecular complexity index is 855. The summed E-state index contributed by atoms with van der Waals surface area (Å²) >= 11 is 1.71. The number of carbonyl (C=O) groups excluding carboxylic acids is 1. The Morgan fingerprint density at radius 1 is 0.929 bits per heavy atom. The van der Waals surface area contributed by atoms with Gasteiger partial charge in [-0.2, -0.15) is 0 Å². The minimum Gasteiger partial charge on any atom is -0.342 e. The van der Waals surface area contributed by atoms with Crippen LogP contribution in [0.15, 0.2) is 72.1 Å². The van der Waals surface area contributed by atoms with Gasteiger partial charge in [-0.05, 0) is 43.3 Å². The molecule has 3 aromatic rings. The van der Waals surface area contributed by atoms with E-state index in [1.54, 1.807) is 11.3 Å². The van der Waals surface area contributed by atoms with Crippen LogP contribution in [0.1, 0.15) is 47.5 Å². The predicted molar refractivity (Wildman–Crippen MR) is 118 cm³/mol. The van der Waals surface area contributed by atoms with Crippen LogP contribution in [0.2, 0.25) is 0 Å². The molecule has 0 unspecified atom stereocenters. The summed E-state index contributed by atoms with van der Waals surface area (Å²) < 4.78 is 0. The fourth-order valence-corrected chi connectivity index (χ4v) is 4.21. The number of likely N-dealkylation sites (N-methyl/N-ethyl adjacent to an activating group) is 1. The van der Waals surface area contributed by atoms with E-state index in [2.05, 4.69) is 54.0 Å². The number of rotatable bonds is 8. The third-order valence-electron chi connectivity index (χ3n) is 5.03. The van der Waals surface area contributed by atoms with Gasteiger partial charge in [0.1, 0.15) is 6.04 Å². The maximum Gasteiger partial charge on any atom is 0.244 e. The number of carbonyl (C=O) groups is 1. The van der Waals surface area contributed by atoms with E-state index in [9.17, 15) is 4.79 Å². The Hall–Kier alpha value is -2.43. The molecule has 1 heterocycles. The number of hydrogen-bond donors (Lipinski definition) is 1. The molecule has 1 aromatic heterocycles. The summed E-state index contributed by atoms with van der Waals surface area (Å²) in [5.41, 5.74) is 3.39. The number of aryl methyl sites for hydroxylation is 1. The molecule has 0 radical (unpaired) electrons. The summed E-state index contributed by atoms with van der Waals surface area (Å²) in [6.07, 6.45) is 0. The van der Waals surface area contributed by atoms with Gasteiger partial charge in [0, 0.05) is 18.0 Å². The van der Waals surface area contributed by atoms with Crippen LogP contribution in [0.4, 0.5) is 0 Å². The van der Waals surface area contributed by atoms with Crippen molar-refractivity contribution >= 4 is 17.2 Å². The van der Waals surface area contributed by atoms with Crippen LogP contribution in [0.25, 0.3) is 0 Å². The fraction of sp³-hybridized carbons (Fsp3) is 0.292. The first-order valence-electron chi connectivity index (χ1n) is 9.83. The molecule has 0 saturated carbocycles. The Kier molecular flexibility index (Phi) is 7.01. The SMILES string of the molecule is CCN(CC)C(=O)[C@H](N[C@H](c1ccc(C)cc1)c1cccs1)c1ccccc1. The van der Waals surface area contributed by atoms with Crippen LogP contribution >= 0.6 is 11.3 Å². The Morgan fingerprint density at radius 2 is 1.61 bits per heavy atom. The van der Waals surface area contributed by atoms with Crippen LogP contribution < -0.4 is 5.32 Å². The molecule has 3 nitrogen and oxygen atoms in total. The quantitative estimate of drug-likeness (QED) is 0.561. The molecule has 0 aliphatic rings. The van der Waals surface area contributed by atoms with Gasteiger partial charge in [-0.25, -0.2) is 0 Å². The summed E-state index contributed by atoms with van der Waals surface area (Å²) in [5, 5.41) is 5.76. The van der Waals surface area contributed by atoms with Gasteiger partial charge in [0.25, 0.3) is 0 Å². The molecule has 0 aliphatic heterocycles. The van der Waals surface area contributed by atoms with E-state index >= 15 is 0 Å². The molecule has 1 amide bonds. The summed E-state index contributed by atoms with van der Waals surface area (Å²) in [5.74, 6) is 0.116. The maximum atomic E-state index is 13.4. The van der Waals surface area contributed by atoms with Gasteiger partial charge in [-0.15, -0.1) is 11.3 Å². The molecular formula is C24H28N2OS. The Balaban J connectivity index is 2.00. The zero-order valence-electron chi connectivity index (χ0n) is 16.8. The van der Waals surface area contributed by atoms with Crippen molar-refractivity contribution in [1.29, 1.82) is 0 Å². The van der Waals surface area contributed by atoms with Crippen molar-refractivity contribution < 1.29 is 4.79 Å². The van der Waals surface area contributed by atoms with Gasteiger partial charge in [0.15, 0.2) is 0 Å². The molecule has 0 aliphatic carbocycles. The molecule has 2 aromatic carbocycles. The standard InChI is InChI=1S/C24H28N2OS/c1-4-26(5-2)24(27)23(19-10-7-6-8-11-19)25-22(21-12-9-17-28-21)20-15-13-18(3)14-16-20/h6-17,22-23,25H,4-5H2,1-3H3/t22-,23-/m1/s1. The lowest BCUT2D eigenvalue weighted by atomic mass is 9.99. The highest BCUT2D eigenvalue weighted by Gasteiger charge is 2.28. The van der Waals surface area contributed by atoms with Crippen molar-refractivity contribution in [2.75, 3.05) is 13.1 Å². The summed E-state index contributed by atoms with van der Waals surface area (Å²) in [6, 6.07) is 22.3. The zero-order valence-corrected chi connectivity index (χ0v) is 17.6. The molecule has 1 N–H and O–H groups in total. The van der Waals surface area contributed by atoms with Crippen LogP contribution in [-0.4, -0.2) is 23.9 Å². The van der Waals surface area contributed by atoms with E-state index in [4.69, 9.17) is 0 Å². The first kappa shape index (κ1) is 20.3. The third-order valence-corrected chi connectivity index (χ3v) is 5.96. The van der Waals surface area contributed by atoms with Crippen molar-refractivity contribution in [1.82, 2.24) is 10.2 Å². The van der Waals surface area contributed by atoms with Gasteiger partial charge >= 0.3 is 0 Å². The second-order valence-electron chi connectivity index (χ2n) is 6.88. The van der Waals surface area contributed by atoms with E-state index in [1.165, 1.54) is 16.0 Å². The lowest BCUT2D eigenvalue weighted by Gasteiger charge is -2.30. The van der Waals surface area contributed by atoms with E-state index in [1.807, 2.05) is 49.1 Å². The van der Waals surface area contributed by atoms with E-state index in [-0.39, 0.29) is 11.9 Å². The summed E-state index contributed by atoms with van der Waals surface area (Å²) in [4.78, 5) is 16.5. The molecule has 0 fully saturated rings. The monoisotopic (exact) mass is 392 g/mol. The van der Waals surface area contributed by atoms with Gasteiger partial charge in [-0.3, -0.25) is 10.1 Å². The number of nitrogens with zero attached hydrogens (tertiary/aromatic N) is 1. The highest BCUT2D eigenvalue weighted by atomic mass is 32.1. The maximum absolute atomic E-state index is 13.4.